The second-order valence-corrected chi connectivity index (χ2v) is 6.40. The average Bonchev–Trinajstić information content (AvgIpc) is 2.89. The number of anilines is 2. The molecule has 2 amide bonds. The quantitative estimate of drug-likeness (QED) is 0.920. The van der Waals surface area contributed by atoms with Gasteiger partial charge in [-0.05, 0) is 29.8 Å². The molecule has 0 saturated carbocycles. The summed E-state index contributed by atoms with van der Waals surface area (Å²) in [6.07, 6.45) is 0. The molecule has 3 rings (SSSR count). The van der Waals surface area contributed by atoms with Crippen molar-refractivity contribution in [3.63, 3.8) is 0 Å². The van der Waals surface area contributed by atoms with Crippen molar-refractivity contribution in [1.82, 2.24) is 0 Å². The van der Waals surface area contributed by atoms with Gasteiger partial charge in [-0.2, -0.15) is 0 Å². The standard InChI is InChI=1S/C17H14F2N2O2S/c1-10(22)20-13-4-2-3-11(7-13)17-21(16(23)9-24-17)15-6-5-12(18)8-14(15)19/h2-8,17H,9H2,1H3,(H,20,22)/t17-/m1/s1. The maximum absolute atomic E-state index is 14.1. The molecule has 1 saturated heterocycles. The molecule has 7 heteroatoms. The molecule has 1 N–H and O–H groups in total. The number of halogens is 2. The summed E-state index contributed by atoms with van der Waals surface area (Å²) in [7, 11) is 0. The molecule has 4 nitrogen and oxygen atoms in total. The molecule has 124 valence electrons. The maximum atomic E-state index is 14.1. The van der Waals surface area contributed by atoms with E-state index in [1.54, 1.807) is 24.3 Å². The van der Waals surface area contributed by atoms with Gasteiger partial charge in [-0.1, -0.05) is 12.1 Å². The molecule has 1 aliphatic rings. The fourth-order valence-electron chi connectivity index (χ4n) is 2.58. The molecular weight excluding hydrogens is 334 g/mol. The van der Waals surface area contributed by atoms with Gasteiger partial charge in [-0.15, -0.1) is 11.8 Å². The second-order valence-electron chi connectivity index (χ2n) is 5.33. The lowest BCUT2D eigenvalue weighted by atomic mass is 10.1. The Morgan fingerprint density at radius 2 is 2.04 bits per heavy atom. The van der Waals surface area contributed by atoms with Crippen LogP contribution >= 0.6 is 11.8 Å². The molecular formula is C17H14F2N2O2S. The minimum atomic E-state index is -0.783. The van der Waals surface area contributed by atoms with Gasteiger partial charge < -0.3 is 5.32 Å². The first-order valence-corrected chi connectivity index (χ1v) is 8.27. The highest BCUT2D eigenvalue weighted by molar-refractivity contribution is 8.00. The summed E-state index contributed by atoms with van der Waals surface area (Å²) in [6.45, 7) is 1.40. The lowest BCUT2D eigenvalue weighted by Crippen LogP contribution is -2.28. The summed E-state index contributed by atoms with van der Waals surface area (Å²) in [5.74, 6) is -1.73. The molecule has 2 aromatic carbocycles. The predicted molar refractivity (Wildman–Crippen MR) is 89.8 cm³/mol. The largest absolute Gasteiger partial charge is 0.326 e. The Morgan fingerprint density at radius 1 is 1.25 bits per heavy atom. The van der Waals surface area contributed by atoms with Crippen LogP contribution in [0.1, 0.15) is 17.9 Å². The first-order chi connectivity index (χ1) is 11.5. The van der Waals surface area contributed by atoms with Gasteiger partial charge in [-0.3, -0.25) is 14.5 Å². The normalized spacial score (nSPS) is 17.2. The lowest BCUT2D eigenvalue weighted by molar-refractivity contribution is -0.116. The minimum absolute atomic E-state index is 0.0429. The molecule has 1 fully saturated rings. The van der Waals surface area contributed by atoms with Crippen molar-refractivity contribution in [2.45, 2.75) is 12.3 Å². The van der Waals surface area contributed by atoms with E-state index >= 15 is 0 Å². The Labute approximate surface area is 141 Å². The molecule has 2 aromatic rings. The third-order valence-corrected chi connectivity index (χ3v) is 4.74. The molecule has 0 bridgehead atoms. The highest BCUT2D eigenvalue weighted by atomic mass is 32.2. The number of carbonyl (C=O) groups is 2. The van der Waals surface area contributed by atoms with E-state index in [9.17, 15) is 18.4 Å². The molecule has 0 unspecified atom stereocenters. The third kappa shape index (κ3) is 3.26. The van der Waals surface area contributed by atoms with Gasteiger partial charge in [0.25, 0.3) is 0 Å². The van der Waals surface area contributed by atoms with Crippen LogP contribution in [0, 0.1) is 11.6 Å². The fourth-order valence-corrected chi connectivity index (χ4v) is 3.74. The van der Waals surface area contributed by atoms with Gasteiger partial charge in [-0.25, -0.2) is 8.78 Å². The van der Waals surface area contributed by atoms with E-state index in [-0.39, 0.29) is 23.3 Å². The van der Waals surface area contributed by atoms with Gasteiger partial charge in [0.05, 0.1) is 11.4 Å². The van der Waals surface area contributed by atoms with Crippen molar-refractivity contribution in [3.8, 4) is 0 Å². The van der Waals surface area contributed by atoms with E-state index in [1.165, 1.54) is 29.7 Å². The van der Waals surface area contributed by atoms with Crippen molar-refractivity contribution >= 4 is 35.0 Å². The molecule has 0 aromatic heterocycles. The topological polar surface area (TPSA) is 49.4 Å². The summed E-state index contributed by atoms with van der Waals surface area (Å²) in [6, 6.07) is 10.2. The Balaban J connectivity index is 1.97. The molecule has 24 heavy (non-hydrogen) atoms. The SMILES string of the molecule is CC(=O)Nc1cccc([C@H]2SCC(=O)N2c2ccc(F)cc2F)c1. The van der Waals surface area contributed by atoms with E-state index < -0.39 is 17.0 Å². The van der Waals surface area contributed by atoms with E-state index in [0.717, 1.165) is 17.7 Å². The average molecular weight is 348 g/mol. The van der Waals surface area contributed by atoms with Crippen LogP contribution in [0.5, 0.6) is 0 Å². The Bertz CT molecular complexity index is 813. The summed E-state index contributed by atoms with van der Waals surface area (Å²) in [5.41, 5.74) is 1.39. The highest BCUT2D eigenvalue weighted by Gasteiger charge is 2.35. The zero-order valence-electron chi connectivity index (χ0n) is 12.8. The van der Waals surface area contributed by atoms with Gasteiger partial charge >= 0.3 is 0 Å². The lowest BCUT2D eigenvalue weighted by Gasteiger charge is -2.25. The van der Waals surface area contributed by atoms with E-state index in [4.69, 9.17) is 0 Å². The molecule has 0 aliphatic carbocycles. The fraction of sp³-hybridized carbons (Fsp3) is 0.176. The van der Waals surface area contributed by atoms with Gasteiger partial charge in [0.15, 0.2) is 0 Å². The van der Waals surface area contributed by atoms with Crippen LogP contribution in [0.2, 0.25) is 0 Å². The monoisotopic (exact) mass is 348 g/mol. The van der Waals surface area contributed by atoms with E-state index in [2.05, 4.69) is 5.32 Å². The van der Waals surface area contributed by atoms with E-state index in [0.29, 0.717) is 5.69 Å². The molecule has 1 heterocycles. The third-order valence-electron chi connectivity index (χ3n) is 3.53. The summed E-state index contributed by atoms with van der Waals surface area (Å²) in [4.78, 5) is 24.8. The van der Waals surface area contributed by atoms with Crippen LogP contribution in [0.25, 0.3) is 0 Å². The first kappa shape index (κ1) is 16.4. The first-order valence-electron chi connectivity index (χ1n) is 7.22. The van der Waals surface area contributed by atoms with Crippen LogP contribution < -0.4 is 10.2 Å². The smallest absolute Gasteiger partial charge is 0.238 e. The number of rotatable bonds is 3. The maximum Gasteiger partial charge on any atom is 0.238 e. The number of nitrogens with one attached hydrogen (secondary N) is 1. The van der Waals surface area contributed by atoms with Crippen molar-refractivity contribution in [3.05, 3.63) is 59.7 Å². The number of carbonyl (C=O) groups excluding carboxylic acids is 2. The molecule has 0 spiro atoms. The molecule has 0 radical (unpaired) electrons. The number of hydrogen-bond acceptors (Lipinski definition) is 3. The number of benzene rings is 2. The zero-order valence-corrected chi connectivity index (χ0v) is 13.6. The predicted octanol–water partition coefficient (Wildman–Crippen LogP) is 3.70. The summed E-state index contributed by atoms with van der Waals surface area (Å²) < 4.78 is 27.3. The summed E-state index contributed by atoms with van der Waals surface area (Å²) >= 11 is 1.35. The highest BCUT2D eigenvalue weighted by Crippen LogP contribution is 2.43. The minimum Gasteiger partial charge on any atom is -0.326 e. The Hall–Kier alpha value is -2.41. The van der Waals surface area contributed by atoms with Crippen LogP contribution in [0.3, 0.4) is 0 Å². The number of hydrogen-bond donors (Lipinski definition) is 1. The Kier molecular flexibility index (Phi) is 4.53. The van der Waals surface area contributed by atoms with Crippen molar-refractivity contribution in [2.75, 3.05) is 16.0 Å². The number of thioether (sulfide) groups is 1. The van der Waals surface area contributed by atoms with Crippen LogP contribution in [-0.2, 0) is 9.59 Å². The van der Waals surface area contributed by atoms with Crippen LogP contribution in [0.15, 0.2) is 42.5 Å². The van der Waals surface area contributed by atoms with Crippen LogP contribution in [0.4, 0.5) is 20.2 Å². The van der Waals surface area contributed by atoms with Gasteiger partial charge in [0.1, 0.15) is 17.0 Å². The van der Waals surface area contributed by atoms with Crippen molar-refractivity contribution in [1.29, 1.82) is 0 Å². The van der Waals surface area contributed by atoms with E-state index in [1.807, 2.05) is 0 Å². The van der Waals surface area contributed by atoms with Crippen LogP contribution in [-0.4, -0.2) is 17.6 Å². The molecule has 1 aliphatic heterocycles. The number of amides is 2. The zero-order chi connectivity index (χ0) is 17.3. The van der Waals surface area contributed by atoms with Gasteiger partial charge in [0.2, 0.25) is 11.8 Å². The number of nitrogens with zero attached hydrogens (tertiary/aromatic N) is 1. The van der Waals surface area contributed by atoms with Crippen molar-refractivity contribution in [2.24, 2.45) is 0 Å². The second kappa shape index (κ2) is 6.60. The van der Waals surface area contributed by atoms with Gasteiger partial charge in [0, 0.05) is 18.7 Å². The Morgan fingerprint density at radius 3 is 2.75 bits per heavy atom. The molecule has 1 atom stereocenters. The van der Waals surface area contributed by atoms with Crippen molar-refractivity contribution < 1.29 is 18.4 Å². The summed E-state index contributed by atoms with van der Waals surface area (Å²) in [5, 5.41) is 2.24.